The lowest BCUT2D eigenvalue weighted by atomic mass is 10.1. The molecular formula is C15H18N3O3P. The lowest BCUT2D eigenvalue weighted by Crippen LogP contribution is -2.13. The Hall–Kier alpha value is -1.75. The first-order valence-electron chi connectivity index (χ1n) is 7.23. The van der Waals surface area contributed by atoms with Crippen molar-refractivity contribution in [2.45, 2.75) is 20.8 Å². The fraction of sp³-hybridized carbons (Fsp3) is 0.333. The van der Waals surface area contributed by atoms with Gasteiger partial charge in [0.2, 0.25) is 0 Å². The van der Waals surface area contributed by atoms with Crippen LogP contribution in [-0.2, 0) is 13.6 Å². The second-order valence-corrected chi connectivity index (χ2v) is 6.84. The number of hydrogen-bond donors (Lipinski definition) is 1. The Balaban J connectivity index is 2.32. The van der Waals surface area contributed by atoms with E-state index >= 15 is 0 Å². The Morgan fingerprint density at radius 2 is 1.77 bits per heavy atom. The van der Waals surface area contributed by atoms with Crippen molar-refractivity contribution in [3.8, 4) is 0 Å². The third-order valence-electron chi connectivity index (χ3n) is 3.38. The van der Waals surface area contributed by atoms with E-state index in [1.54, 1.807) is 13.8 Å². The molecular weight excluding hydrogens is 301 g/mol. The zero-order valence-electron chi connectivity index (χ0n) is 12.8. The van der Waals surface area contributed by atoms with Crippen LogP contribution < -0.4 is 5.44 Å². The Morgan fingerprint density at radius 3 is 2.45 bits per heavy atom. The van der Waals surface area contributed by atoms with E-state index < -0.39 is 7.60 Å². The van der Waals surface area contributed by atoms with Crippen LogP contribution in [0.5, 0.6) is 0 Å². The predicted octanol–water partition coefficient (Wildman–Crippen LogP) is 3.31. The number of aromatic nitrogens is 3. The summed E-state index contributed by atoms with van der Waals surface area (Å²) in [5.41, 5.74) is 2.86. The smallest absolute Gasteiger partial charge is 0.304 e. The first-order chi connectivity index (χ1) is 10.6. The topological polar surface area (TPSA) is 77.1 Å². The predicted molar refractivity (Wildman–Crippen MR) is 86.6 cm³/mol. The van der Waals surface area contributed by atoms with Crippen molar-refractivity contribution in [3.63, 3.8) is 0 Å². The SMILES string of the molecule is CCOP(=O)(OCC)c1[nH]nc2ccc3nc(C)ccc3c12. The molecule has 2 heterocycles. The zero-order valence-corrected chi connectivity index (χ0v) is 13.7. The molecule has 0 unspecified atom stereocenters. The number of rotatable bonds is 5. The van der Waals surface area contributed by atoms with E-state index in [-0.39, 0.29) is 0 Å². The van der Waals surface area contributed by atoms with Crippen LogP contribution in [0.15, 0.2) is 24.3 Å². The Morgan fingerprint density at radius 1 is 1.09 bits per heavy atom. The molecule has 1 aromatic carbocycles. The highest BCUT2D eigenvalue weighted by Gasteiger charge is 2.32. The zero-order chi connectivity index (χ0) is 15.7. The third kappa shape index (κ3) is 2.43. The average Bonchev–Trinajstić information content (AvgIpc) is 2.92. The molecule has 0 amide bonds. The molecule has 0 saturated heterocycles. The summed E-state index contributed by atoms with van der Waals surface area (Å²) in [6.45, 7) is 6.09. The molecule has 116 valence electrons. The van der Waals surface area contributed by atoms with Crippen LogP contribution in [-0.4, -0.2) is 28.4 Å². The highest BCUT2D eigenvalue weighted by Crippen LogP contribution is 2.48. The molecule has 0 aliphatic heterocycles. The summed E-state index contributed by atoms with van der Waals surface area (Å²) in [5, 5.41) is 8.70. The van der Waals surface area contributed by atoms with Crippen molar-refractivity contribution < 1.29 is 13.6 Å². The molecule has 3 aromatic rings. The molecule has 0 radical (unpaired) electrons. The van der Waals surface area contributed by atoms with Crippen molar-refractivity contribution in [2.24, 2.45) is 0 Å². The summed E-state index contributed by atoms with van der Waals surface area (Å²) >= 11 is 0. The lowest BCUT2D eigenvalue weighted by molar-refractivity contribution is 0.229. The van der Waals surface area contributed by atoms with Gasteiger partial charge in [0, 0.05) is 16.5 Å². The monoisotopic (exact) mass is 319 g/mol. The Labute approximate surface area is 128 Å². The molecule has 22 heavy (non-hydrogen) atoms. The second kappa shape index (κ2) is 5.80. The molecule has 3 rings (SSSR count). The summed E-state index contributed by atoms with van der Waals surface area (Å²) in [6, 6.07) is 7.64. The second-order valence-electron chi connectivity index (χ2n) is 4.88. The van der Waals surface area contributed by atoms with Gasteiger partial charge < -0.3 is 9.05 Å². The average molecular weight is 319 g/mol. The van der Waals surface area contributed by atoms with E-state index in [4.69, 9.17) is 9.05 Å². The number of H-pyrrole nitrogens is 1. The van der Waals surface area contributed by atoms with Crippen LogP contribution in [0.4, 0.5) is 0 Å². The largest absolute Gasteiger partial charge is 0.379 e. The molecule has 1 N–H and O–H groups in total. The van der Waals surface area contributed by atoms with Crippen LogP contribution in [0.3, 0.4) is 0 Å². The summed E-state index contributed by atoms with van der Waals surface area (Å²) in [7, 11) is -3.43. The molecule has 7 heteroatoms. The minimum absolute atomic E-state index is 0.292. The van der Waals surface area contributed by atoms with E-state index in [0.717, 1.165) is 22.0 Å². The van der Waals surface area contributed by atoms with Gasteiger partial charge in [-0.1, -0.05) is 6.07 Å². The van der Waals surface area contributed by atoms with Crippen LogP contribution in [0, 0.1) is 6.92 Å². The number of hydrogen-bond acceptors (Lipinski definition) is 5. The summed E-state index contributed by atoms with van der Waals surface area (Å²) in [6.07, 6.45) is 0. The summed E-state index contributed by atoms with van der Waals surface area (Å²) in [4.78, 5) is 4.51. The number of nitrogens with zero attached hydrogens (tertiary/aromatic N) is 2. The summed E-state index contributed by atoms with van der Waals surface area (Å²) in [5.74, 6) is 0. The summed E-state index contributed by atoms with van der Waals surface area (Å²) < 4.78 is 23.9. The molecule has 0 saturated carbocycles. The van der Waals surface area contributed by atoms with Gasteiger partial charge in [0.1, 0.15) is 0 Å². The van der Waals surface area contributed by atoms with Crippen molar-refractivity contribution in [1.29, 1.82) is 0 Å². The molecule has 2 aromatic heterocycles. The highest BCUT2D eigenvalue weighted by atomic mass is 31.2. The normalized spacial score (nSPS) is 12.3. The molecule has 0 fully saturated rings. The standard InChI is InChI=1S/C15H18N3O3P/c1-4-20-22(19,21-5-2)15-14-11-7-6-10(3)16-12(11)8-9-13(14)17-18-15/h6-9H,4-5H2,1-3H3,(H,17,18). The molecule has 0 bridgehead atoms. The Kier molecular flexibility index (Phi) is 4.00. The maximum atomic E-state index is 13.1. The van der Waals surface area contributed by atoms with E-state index in [0.29, 0.717) is 24.2 Å². The molecule has 0 aliphatic carbocycles. The van der Waals surface area contributed by atoms with Crippen LogP contribution >= 0.6 is 7.60 Å². The van der Waals surface area contributed by atoms with E-state index in [2.05, 4.69) is 15.2 Å². The number of fused-ring (bicyclic) bond motifs is 3. The van der Waals surface area contributed by atoms with Crippen LogP contribution in [0.2, 0.25) is 0 Å². The van der Waals surface area contributed by atoms with Gasteiger partial charge in [-0.05, 0) is 39.0 Å². The number of aromatic amines is 1. The van der Waals surface area contributed by atoms with Gasteiger partial charge in [-0.15, -0.1) is 0 Å². The van der Waals surface area contributed by atoms with E-state index in [1.807, 2.05) is 31.2 Å². The fourth-order valence-corrected chi connectivity index (χ4v) is 4.20. The molecule has 6 nitrogen and oxygen atoms in total. The maximum Gasteiger partial charge on any atom is 0.379 e. The Bertz CT molecular complexity index is 865. The lowest BCUT2D eigenvalue weighted by Gasteiger charge is -2.15. The first kappa shape index (κ1) is 15.2. The van der Waals surface area contributed by atoms with Gasteiger partial charge in [-0.2, -0.15) is 5.10 Å². The minimum Gasteiger partial charge on any atom is -0.304 e. The van der Waals surface area contributed by atoms with Crippen LogP contribution in [0.1, 0.15) is 19.5 Å². The quantitative estimate of drug-likeness (QED) is 0.730. The number of pyridine rings is 1. The van der Waals surface area contributed by atoms with Crippen molar-refractivity contribution >= 4 is 34.8 Å². The van der Waals surface area contributed by atoms with Gasteiger partial charge in [0.05, 0.1) is 24.2 Å². The number of aryl methyl sites for hydroxylation is 1. The molecule has 0 atom stereocenters. The van der Waals surface area contributed by atoms with Gasteiger partial charge in [-0.3, -0.25) is 14.6 Å². The minimum atomic E-state index is -3.43. The van der Waals surface area contributed by atoms with E-state index in [9.17, 15) is 4.57 Å². The number of nitrogens with one attached hydrogen (secondary N) is 1. The molecule has 0 aliphatic rings. The van der Waals surface area contributed by atoms with Crippen molar-refractivity contribution in [2.75, 3.05) is 13.2 Å². The fourth-order valence-electron chi connectivity index (χ4n) is 2.51. The van der Waals surface area contributed by atoms with Gasteiger partial charge in [0.25, 0.3) is 0 Å². The molecule has 0 spiro atoms. The van der Waals surface area contributed by atoms with Gasteiger partial charge >= 0.3 is 7.60 Å². The van der Waals surface area contributed by atoms with Crippen molar-refractivity contribution in [3.05, 3.63) is 30.0 Å². The third-order valence-corrected chi connectivity index (χ3v) is 5.45. The van der Waals surface area contributed by atoms with E-state index in [1.165, 1.54) is 0 Å². The van der Waals surface area contributed by atoms with Crippen molar-refractivity contribution in [1.82, 2.24) is 15.2 Å². The van der Waals surface area contributed by atoms with Crippen LogP contribution in [0.25, 0.3) is 21.8 Å². The highest BCUT2D eigenvalue weighted by molar-refractivity contribution is 7.62. The maximum absolute atomic E-state index is 13.1. The van der Waals surface area contributed by atoms with Gasteiger partial charge in [-0.25, -0.2) is 0 Å². The van der Waals surface area contributed by atoms with Gasteiger partial charge in [0.15, 0.2) is 5.44 Å². The first-order valence-corrected chi connectivity index (χ1v) is 8.77. The number of benzene rings is 1.